The number of benzene rings is 1. The lowest BCUT2D eigenvalue weighted by molar-refractivity contribution is 0.116. The van der Waals surface area contributed by atoms with Gasteiger partial charge >= 0.3 is 0 Å². The van der Waals surface area contributed by atoms with Crippen LogP contribution in [0.3, 0.4) is 0 Å². The van der Waals surface area contributed by atoms with Crippen LogP contribution in [0.4, 0.5) is 0 Å². The van der Waals surface area contributed by atoms with E-state index in [0.717, 1.165) is 12.5 Å². The number of nitrogens with zero attached hydrogens (tertiary/aromatic N) is 1. The van der Waals surface area contributed by atoms with Gasteiger partial charge in [-0.3, -0.25) is 0 Å². The summed E-state index contributed by atoms with van der Waals surface area (Å²) < 4.78 is 0. The first-order chi connectivity index (χ1) is 8.70. The van der Waals surface area contributed by atoms with E-state index in [-0.39, 0.29) is 0 Å². The number of rotatable bonds is 3. The van der Waals surface area contributed by atoms with Gasteiger partial charge in [0, 0.05) is 12.5 Å². The summed E-state index contributed by atoms with van der Waals surface area (Å²) >= 11 is 0. The quantitative estimate of drug-likeness (QED) is 0.884. The summed E-state index contributed by atoms with van der Waals surface area (Å²) in [5.74, 6) is 0.781. The molecule has 1 atom stereocenters. The van der Waals surface area contributed by atoms with Crippen molar-refractivity contribution in [3.05, 3.63) is 35.4 Å². The van der Waals surface area contributed by atoms with Gasteiger partial charge in [-0.2, -0.15) is 0 Å². The van der Waals surface area contributed by atoms with Gasteiger partial charge in [0.2, 0.25) is 0 Å². The number of hydrogen-bond acceptors (Lipinski definition) is 2. The Bertz CT molecular complexity index is 419. The molecule has 2 nitrogen and oxygen atoms in total. The van der Waals surface area contributed by atoms with Crippen LogP contribution in [0.15, 0.2) is 24.3 Å². The molecule has 0 aromatic heterocycles. The minimum Gasteiger partial charge on any atom is -0.330 e. The highest BCUT2D eigenvalue weighted by atomic mass is 15.1. The third-order valence-corrected chi connectivity index (χ3v) is 5.00. The summed E-state index contributed by atoms with van der Waals surface area (Å²) in [6, 6.07) is 8.90. The zero-order valence-electron chi connectivity index (χ0n) is 11.4. The molecule has 1 unspecified atom stereocenters. The maximum absolute atomic E-state index is 5.87. The molecule has 18 heavy (non-hydrogen) atoms. The Kier molecular flexibility index (Phi) is 3.16. The number of hydrogen-bond donors (Lipinski definition) is 1. The van der Waals surface area contributed by atoms with Crippen molar-refractivity contribution >= 4 is 0 Å². The molecule has 98 valence electrons. The predicted molar refractivity (Wildman–Crippen MR) is 75.7 cm³/mol. The van der Waals surface area contributed by atoms with Crippen molar-refractivity contribution in [3.8, 4) is 0 Å². The summed E-state index contributed by atoms with van der Waals surface area (Å²) in [6.07, 6.45) is 3.80. The fraction of sp³-hybridized carbons (Fsp3) is 0.625. The van der Waals surface area contributed by atoms with Gasteiger partial charge < -0.3 is 10.6 Å². The highest BCUT2D eigenvalue weighted by Gasteiger charge is 2.32. The molecule has 1 aromatic carbocycles. The Hall–Kier alpha value is -0.860. The fourth-order valence-corrected chi connectivity index (χ4v) is 3.32. The number of fused-ring (bicyclic) bond motifs is 1. The molecule has 1 saturated heterocycles. The Morgan fingerprint density at radius 1 is 1.28 bits per heavy atom. The van der Waals surface area contributed by atoms with Gasteiger partial charge in [0.25, 0.3) is 0 Å². The molecule has 0 radical (unpaired) electrons. The third-order valence-electron chi connectivity index (χ3n) is 5.00. The number of piperidine rings is 1. The molecule has 0 amide bonds. The second-order valence-corrected chi connectivity index (χ2v) is 6.42. The average Bonchev–Trinajstić information content (AvgIpc) is 2.38. The minimum atomic E-state index is 0.397. The van der Waals surface area contributed by atoms with Gasteiger partial charge in [-0.1, -0.05) is 31.2 Å². The molecule has 0 saturated carbocycles. The van der Waals surface area contributed by atoms with Crippen molar-refractivity contribution in [2.75, 3.05) is 26.2 Å². The standard InChI is InChI=1S/C16H24N2/c1-16(12-17)6-8-18(9-7-16)11-14-10-13-4-2-3-5-15(13)14/h2-5,14H,6-12,17H2,1H3. The largest absolute Gasteiger partial charge is 0.330 e. The molecule has 0 spiro atoms. The van der Waals surface area contributed by atoms with Crippen molar-refractivity contribution in [2.45, 2.75) is 32.1 Å². The van der Waals surface area contributed by atoms with Gasteiger partial charge in [0.05, 0.1) is 0 Å². The van der Waals surface area contributed by atoms with Crippen molar-refractivity contribution in [1.82, 2.24) is 4.90 Å². The zero-order chi connectivity index (χ0) is 12.6. The van der Waals surface area contributed by atoms with Gasteiger partial charge in [0.1, 0.15) is 0 Å². The monoisotopic (exact) mass is 244 g/mol. The molecular weight excluding hydrogens is 220 g/mol. The maximum atomic E-state index is 5.87. The zero-order valence-corrected chi connectivity index (χ0v) is 11.4. The van der Waals surface area contributed by atoms with E-state index in [9.17, 15) is 0 Å². The molecule has 2 aliphatic rings. The van der Waals surface area contributed by atoms with Crippen molar-refractivity contribution in [3.63, 3.8) is 0 Å². The van der Waals surface area contributed by atoms with Crippen LogP contribution in [-0.4, -0.2) is 31.1 Å². The molecule has 1 aromatic rings. The van der Waals surface area contributed by atoms with E-state index in [2.05, 4.69) is 36.1 Å². The molecule has 1 fully saturated rings. The van der Waals surface area contributed by atoms with E-state index in [0.29, 0.717) is 5.41 Å². The topological polar surface area (TPSA) is 29.3 Å². The Balaban J connectivity index is 1.55. The molecule has 1 heterocycles. The molecule has 1 aliphatic heterocycles. The highest BCUT2D eigenvalue weighted by Crippen LogP contribution is 2.37. The van der Waals surface area contributed by atoms with Crippen LogP contribution in [-0.2, 0) is 6.42 Å². The van der Waals surface area contributed by atoms with Crippen molar-refractivity contribution in [1.29, 1.82) is 0 Å². The van der Waals surface area contributed by atoms with E-state index < -0.39 is 0 Å². The van der Waals surface area contributed by atoms with Crippen LogP contribution in [0, 0.1) is 5.41 Å². The van der Waals surface area contributed by atoms with Crippen molar-refractivity contribution < 1.29 is 0 Å². The Morgan fingerprint density at radius 3 is 2.67 bits per heavy atom. The minimum absolute atomic E-state index is 0.397. The predicted octanol–water partition coefficient (Wildman–Crippen LogP) is 2.39. The summed E-state index contributed by atoms with van der Waals surface area (Å²) in [6.45, 7) is 6.88. The van der Waals surface area contributed by atoms with Gasteiger partial charge in [-0.25, -0.2) is 0 Å². The lowest BCUT2D eigenvalue weighted by Gasteiger charge is -2.42. The number of likely N-dealkylation sites (tertiary alicyclic amines) is 1. The fourth-order valence-electron chi connectivity index (χ4n) is 3.32. The summed E-state index contributed by atoms with van der Waals surface area (Å²) in [7, 11) is 0. The first-order valence-electron chi connectivity index (χ1n) is 7.20. The second-order valence-electron chi connectivity index (χ2n) is 6.42. The molecule has 2 N–H and O–H groups in total. The lowest BCUT2D eigenvalue weighted by atomic mass is 9.76. The van der Waals surface area contributed by atoms with Crippen LogP contribution in [0.5, 0.6) is 0 Å². The smallest absolute Gasteiger partial charge is 0.00536 e. The lowest BCUT2D eigenvalue weighted by Crippen LogP contribution is -2.44. The van der Waals surface area contributed by atoms with Gasteiger partial charge in [-0.15, -0.1) is 0 Å². The maximum Gasteiger partial charge on any atom is 0.00536 e. The van der Waals surface area contributed by atoms with Crippen LogP contribution < -0.4 is 5.73 Å². The van der Waals surface area contributed by atoms with E-state index >= 15 is 0 Å². The van der Waals surface area contributed by atoms with Gasteiger partial charge in [-0.05, 0) is 55.4 Å². The first kappa shape index (κ1) is 12.2. The average molecular weight is 244 g/mol. The Labute approximate surface area is 110 Å². The molecular formula is C16H24N2. The van der Waals surface area contributed by atoms with Crippen LogP contribution in [0.1, 0.15) is 36.8 Å². The Morgan fingerprint density at radius 2 is 2.00 bits per heavy atom. The van der Waals surface area contributed by atoms with E-state index in [1.165, 1.54) is 38.9 Å². The first-order valence-corrected chi connectivity index (χ1v) is 7.20. The van der Waals surface area contributed by atoms with Crippen LogP contribution >= 0.6 is 0 Å². The third kappa shape index (κ3) is 2.19. The SMILES string of the molecule is CC1(CN)CCN(CC2Cc3ccccc32)CC1. The number of nitrogens with two attached hydrogens (primary N) is 1. The molecule has 3 rings (SSSR count). The highest BCUT2D eigenvalue weighted by molar-refractivity contribution is 5.40. The molecule has 0 bridgehead atoms. The van der Waals surface area contributed by atoms with Gasteiger partial charge in [0.15, 0.2) is 0 Å². The summed E-state index contributed by atoms with van der Waals surface area (Å²) in [4.78, 5) is 2.64. The van der Waals surface area contributed by atoms with E-state index in [4.69, 9.17) is 5.73 Å². The van der Waals surface area contributed by atoms with Crippen LogP contribution in [0.25, 0.3) is 0 Å². The van der Waals surface area contributed by atoms with E-state index in [1.807, 2.05) is 0 Å². The van der Waals surface area contributed by atoms with Crippen LogP contribution in [0.2, 0.25) is 0 Å². The second kappa shape index (κ2) is 4.67. The summed E-state index contributed by atoms with van der Waals surface area (Å²) in [5.41, 5.74) is 9.41. The van der Waals surface area contributed by atoms with Crippen molar-refractivity contribution in [2.24, 2.45) is 11.1 Å². The van der Waals surface area contributed by atoms with E-state index in [1.54, 1.807) is 11.1 Å². The molecule has 1 aliphatic carbocycles. The normalized spacial score (nSPS) is 26.4. The molecule has 2 heteroatoms. The summed E-state index contributed by atoms with van der Waals surface area (Å²) in [5, 5.41) is 0.